The van der Waals surface area contributed by atoms with Gasteiger partial charge in [0.1, 0.15) is 17.7 Å². The summed E-state index contributed by atoms with van der Waals surface area (Å²) in [5.41, 5.74) is 1.05. The van der Waals surface area contributed by atoms with Gasteiger partial charge < -0.3 is 19.6 Å². The Labute approximate surface area is 260 Å². The predicted octanol–water partition coefficient (Wildman–Crippen LogP) is 5.95. The zero-order chi connectivity index (χ0) is 31.0. The number of nitrogens with zero attached hydrogens (tertiary/aromatic N) is 2. The lowest BCUT2D eigenvalue weighted by atomic mass is 9.87. The predicted molar refractivity (Wildman–Crippen MR) is 163 cm³/mol. The van der Waals surface area contributed by atoms with Crippen molar-refractivity contribution in [1.82, 2.24) is 9.80 Å². The van der Waals surface area contributed by atoms with Gasteiger partial charge in [-0.1, -0.05) is 36.7 Å². The van der Waals surface area contributed by atoms with Crippen LogP contribution < -0.4 is 5.32 Å². The van der Waals surface area contributed by atoms with Crippen molar-refractivity contribution in [3.05, 3.63) is 64.6 Å². The molecule has 3 heterocycles. The van der Waals surface area contributed by atoms with Gasteiger partial charge in [0.15, 0.2) is 5.78 Å². The molecule has 1 aromatic heterocycles. The van der Waals surface area contributed by atoms with E-state index in [1.54, 1.807) is 24.3 Å². The van der Waals surface area contributed by atoms with Gasteiger partial charge in [0, 0.05) is 38.0 Å². The third kappa shape index (κ3) is 5.88. The Morgan fingerprint density at radius 3 is 2.48 bits per heavy atom. The van der Waals surface area contributed by atoms with Crippen LogP contribution in [0.1, 0.15) is 61.4 Å². The van der Waals surface area contributed by atoms with Crippen LogP contribution in [0.25, 0.3) is 11.0 Å². The van der Waals surface area contributed by atoms with Crippen LogP contribution in [-0.4, -0.2) is 70.7 Å². The van der Waals surface area contributed by atoms with E-state index in [-0.39, 0.29) is 34.6 Å². The second-order valence-electron chi connectivity index (χ2n) is 12.4. The number of rotatable bonds is 10. The SMILES string of the molecule is CC1CN(C(O[C@H]2CC[C@H](C(=O)O)CC2)(C(=O)Cc2cc(Cl)c(NC(=O)c3coc4ccccc34)cc2F)N2CCCC2)C1. The molecule has 11 heteroatoms. The number of ketones is 1. The Hall–Kier alpha value is -3.31. The largest absolute Gasteiger partial charge is 0.481 e. The third-order valence-electron chi connectivity index (χ3n) is 9.21. The monoisotopic (exact) mass is 625 g/mol. The van der Waals surface area contributed by atoms with Crippen LogP contribution in [0.2, 0.25) is 5.02 Å². The Morgan fingerprint density at radius 1 is 1.09 bits per heavy atom. The number of carboxylic acid groups (broad SMARTS) is 1. The first-order valence-corrected chi connectivity index (χ1v) is 15.7. The van der Waals surface area contributed by atoms with Gasteiger partial charge in [0.2, 0.25) is 5.85 Å². The van der Waals surface area contributed by atoms with E-state index >= 15 is 4.39 Å². The van der Waals surface area contributed by atoms with Crippen molar-refractivity contribution >= 4 is 45.9 Å². The Kier molecular flexibility index (Phi) is 8.79. The summed E-state index contributed by atoms with van der Waals surface area (Å²) in [5.74, 6) is -3.61. The molecular weight excluding hydrogens is 589 g/mol. The zero-order valence-electron chi connectivity index (χ0n) is 24.7. The van der Waals surface area contributed by atoms with Gasteiger partial charge in [-0.15, -0.1) is 0 Å². The van der Waals surface area contributed by atoms with Gasteiger partial charge in [-0.3, -0.25) is 24.2 Å². The fourth-order valence-corrected chi connectivity index (χ4v) is 7.08. The Morgan fingerprint density at radius 2 is 1.80 bits per heavy atom. The van der Waals surface area contributed by atoms with Gasteiger partial charge in [0.05, 0.1) is 28.3 Å². The molecule has 44 heavy (non-hydrogen) atoms. The number of amides is 1. The Bertz CT molecular complexity index is 1560. The molecule has 0 radical (unpaired) electrons. The number of hydrogen-bond acceptors (Lipinski definition) is 7. The summed E-state index contributed by atoms with van der Waals surface area (Å²) < 4.78 is 27.9. The molecular formula is C33H37ClFN3O6. The number of benzene rings is 2. The summed E-state index contributed by atoms with van der Waals surface area (Å²) >= 11 is 6.55. The smallest absolute Gasteiger partial charge is 0.306 e. The van der Waals surface area contributed by atoms with E-state index in [0.29, 0.717) is 74.3 Å². The van der Waals surface area contributed by atoms with Gasteiger partial charge in [-0.25, -0.2) is 4.39 Å². The van der Waals surface area contributed by atoms with Gasteiger partial charge >= 0.3 is 5.97 Å². The molecule has 0 bridgehead atoms. The maximum absolute atomic E-state index is 15.6. The topological polar surface area (TPSA) is 112 Å². The van der Waals surface area contributed by atoms with Crippen LogP contribution in [0.15, 0.2) is 47.1 Å². The molecule has 0 spiro atoms. The normalized spacial score (nSPS) is 22.9. The summed E-state index contributed by atoms with van der Waals surface area (Å²) in [6.45, 7) is 4.82. The average Bonchev–Trinajstić information content (AvgIpc) is 3.68. The molecule has 234 valence electrons. The van der Waals surface area contributed by atoms with E-state index in [9.17, 15) is 19.5 Å². The van der Waals surface area contributed by atoms with E-state index in [2.05, 4.69) is 22.0 Å². The van der Waals surface area contributed by atoms with E-state index in [1.807, 2.05) is 0 Å². The standard InChI is InChI=1S/C33H37ClFN3O6/c1-20-17-38(18-20)33(37-12-4-5-13-37,44-23-10-8-21(9-11-23)32(41)42)30(39)15-22-14-26(34)28(16-27(22)35)36-31(40)25-19-43-29-7-3-2-6-24(25)29/h2-3,6-7,14,16,19-21,23H,4-5,8-13,15,17-18H2,1H3,(H,36,40)(H,41,42)/t21-,23-,33?. The van der Waals surface area contributed by atoms with Crippen LogP contribution in [-0.2, 0) is 20.7 Å². The quantitative estimate of drug-likeness (QED) is 0.284. The second-order valence-corrected chi connectivity index (χ2v) is 12.8. The van der Waals surface area contributed by atoms with Crippen molar-refractivity contribution in [3.63, 3.8) is 0 Å². The number of fused-ring (bicyclic) bond motifs is 1. The van der Waals surface area contributed by atoms with Crippen LogP contribution in [0.3, 0.4) is 0 Å². The molecule has 2 aliphatic heterocycles. The van der Waals surface area contributed by atoms with E-state index in [0.717, 1.165) is 18.9 Å². The van der Waals surface area contributed by atoms with Gasteiger partial charge in [0.25, 0.3) is 5.91 Å². The van der Waals surface area contributed by atoms with Crippen molar-refractivity contribution in [3.8, 4) is 0 Å². The van der Waals surface area contributed by atoms with Crippen LogP contribution >= 0.6 is 11.6 Å². The number of anilines is 1. The molecule has 2 saturated heterocycles. The number of Topliss-reactive ketones (excluding diaryl/α,β-unsaturated/α-hetero) is 1. The average molecular weight is 626 g/mol. The third-order valence-corrected chi connectivity index (χ3v) is 9.52. The Balaban J connectivity index is 1.24. The molecule has 1 atom stereocenters. The van der Waals surface area contributed by atoms with E-state index < -0.39 is 29.5 Å². The number of furan rings is 1. The fourth-order valence-electron chi connectivity index (χ4n) is 6.84. The highest BCUT2D eigenvalue weighted by Gasteiger charge is 2.55. The van der Waals surface area contributed by atoms with Gasteiger partial charge in [-0.05, 0) is 68.2 Å². The highest BCUT2D eigenvalue weighted by Crippen LogP contribution is 2.39. The van der Waals surface area contributed by atoms with Crippen LogP contribution in [0.4, 0.5) is 10.1 Å². The minimum Gasteiger partial charge on any atom is -0.481 e. The zero-order valence-corrected chi connectivity index (χ0v) is 25.4. The van der Waals surface area contributed by atoms with Crippen LogP contribution in [0.5, 0.6) is 0 Å². The summed E-state index contributed by atoms with van der Waals surface area (Å²) in [4.78, 5) is 43.1. The fraction of sp³-hybridized carbons (Fsp3) is 0.485. The second kappa shape index (κ2) is 12.6. The maximum Gasteiger partial charge on any atom is 0.306 e. The minimum absolute atomic E-state index is 0.0875. The number of nitrogens with one attached hydrogen (secondary N) is 1. The lowest BCUT2D eigenvalue weighted by Crippen LogP contribution is -2.72. The number of carbonyl (C=O) groups excluding carboxylic acids is 2. The first kappa shape index (κ1) is 30.7. The minimum atomic E-state index is -1.36. The van der Waals surface area contributed by atoms with Crippen molar-refractivity contribution in [1.29, 1.82) is 0 Å². The summed E-state index contributed by atoms with van der Waals surface area (Å²) in [7, 11) is 0. The highest BCUT2D eigenvalue weighted by atomic mass is 35.5. The number of aliphatic carboxylic acids is 1. The molecule has 1 unspecified atom stereocenters. The van der Waals surface area contributed by atoms with Crippen molar-refractivity contribution < 1.29 is 33.0 Å². The first-order chi connectivity index (χ1) is 21.2. The molecule has 3 aromatic rings. The van der Waals surface area contributed by atoms with Crippen molar-refractivity contribution in [2.45, 2.75) is 63.8 Å². The number of likely N-dealkylation sites (tertiary alicyclic amines) is 2. The number of para-hydroxylation sites is 1. The molecule has 2 aromatic carbocycles. The molecule has 1 saturated carbocycles. The summed E-state index contributed by atoms with van der Waals surface area (Å²) in [6.07, 6.45) is 4.74. The van der Waals surface area contributed by atoms with E-state index in [1.165, 1.54) is 12.3 Å². The number of carbonyl (C=O) groups is 3. The molecule has 3 fully saturated rings. The number of hydrogen-bond donors (Lipinski definition) is 2. The molecule has 2 N–H and O–H groups in total. The molecule has 6 rings (SSSR count). The van der Waals surface area contributed by atoms with E-state index in [4.69, 9.17) is 20.8 Å². The highest BCUT2D eigenvalue weighted by molar-refractivity contribution is 6.34. The summed E-state index contributed by atoms with van der Waals surface area (Å²) in [6, 6.07) is 9.64. The number of carboxylic acids is 1. The molecule has 1 amide bonds. The lowest BCUT2D eigenvalue weighted by Gasteiger charge is -2.55. The van der Waals surface area contributed by atoms with Crippen molar-refractivity contribution in [2.24, 2.45) is 11.8 Å². The number of halogens is 2. The number of ether oxygens (including phenoxy) is 1. The summed E-state index contributed by atoms with van der Waals surface area (Å²) in [5, 5.41) is 12.9. The lowest BCUT2D eigenvalue weighted by molar-refractivity contribution is -0.274. The van der Waals surface area contributed by atoms with Gasteiger partial charge in [-0.2, -0.15) is 0 Å². The molecule has 3 aliphatic rings. The first-order valence-electron chi connectivity index (χ1n) is 15.3. The molecule has 1 aliphatic carbocycles. The van der Waals surface area contributed by atoms with Crippen molar-refractivity contribution in [2.75, 3.05) is 31.5 Å². The maximum atomic E-state index is 15.6. The molecule has 9 nitrogen and oxygen atoms in total. The van der Waals surface area contributed by atoms with Crippen LogP contribution in [0, 0.1) is 17.7 Å².